The molecular formula is C28H33N3O3. The van der Waals surface area contributed by atoms with Crippen molar-refractivity contribution < 1.29 is 14.3 Å². The number of pyridine rings is 1. The average Bonchev–Trinajstić information content (AvgIpc) is 3.08. The third-order valence-electron chi connectivity index (χ3n) is 6.32. The topological polar surface area (TPSA) is 71.5 Å². The Hall–Kier alpha value is -3.25. The highest BCUT2D eigenvalue weighted by Gasteiger charge is 2.35. The second-order valence-electron chi connectivity index (χ2n) is 9.61. The minimum absolute atomic E-state index is 0.0688. The van der Waals surface area contributed by atoms with Gasteiger partial charge in [-0.25, -0.2) is 0 Å². The fourth-order valence-corrected chi connectivity index (χ4v) is 4.54. The molecule has 0 spiro atoms. The zero-order valence-electron chi connectivity index (χ0n) is 20.0. The molecule has 1 unspecified atom stereocenters. The first-order valence-electron chi connectivity index (χ1n) is 12.0. The van der Waals surface area contributed by atoms with Crippen LogP contribution in [0.15, 0.2) is 67.0 Å². The van der Waals surface area contributed by atoms with Crippen molar-refractivity contribution in [2.75, 3.05) is 26.3 Å². The average molecular weight is 460 g/mol. The van der Waals surface area contributed by atoms with Gasteiger partial charge in [-0.15, -0.1) is 0 Å². The van der Waals surface area contributed by atoms with Crippen LogP contribution >= 0.6 is 0 Å². The van der Waals surface area contributed by atoms with Crippen molar-refractivity contribution >= 4 is 22.6 Å². The number of ether oxygens (including phenoxy) is 1. The number of carbonyl (C=O) groups is 2. The monoisotopic (exact) mass is 459 g/mol. The van der Waals surface area contributed by atoms with E-state index < -0.39 is 5.54 Å². The lowest BCUT2D eigenvalue weighted by atomic mass is 9.96. The van der Waals surface area contributed by atoms with Gasteiger partial charge in [0.2, 0.25) is 11.8 Å². The summed E-state index contributed by atoms with van der Waals surface area (Å²) in [5, 5.41) is 5.23. The van der Waals surface area contributed by atoms with Gasteiger partial charge in [-0.2, -0.15) is 0 Å². The molecule has 2 aromatic carbocycles. The van der Waals surface area contributed by atoms with E-state index in [1.165, 1.54) is 5.56 Å². The summed E-state index contributed by atoms with van der Waals surface area (Å²) in [6.45, 7) is 5.83. The summed E-state index contributed by atoms with van der Waals surface area (Å²) >= 11 is 0. The molecular weight excluding hydrogens is 426 g/mol. The Balaban J connectivity index is 1.36. The van der Waals surface area contributed by atoms with Crippen molar-refractivity contribution in [1.82, 2.24) is 15.2 Å². The predicted octanol–water partition coefficient (Wildman–Crippen LogP) is 3.78. The molecule has 1 aromatic heterocycles. The van der Waals surface area contributed by atoms with Gasteiger partial charge in [0.15, 0.2) is 0 Å². The number of nitrogens with zero attached hydrogens (tertiary/aromatic N) is 2. The third kappa shape index (κ3) is 6.20. The molecule has 0 radical (unpaired) electrons. The molecule has 2 heterocycles. The predicted molar refractivity (Wildman–Crippen MR) is 133 cm³/mol. The Bertz CT molecular complexity index is 1130. The first-order valence-corrected chi connectivity index (χ1v) is 12.0. The van der Waals surface area contributed by atoms with E-state index in [9.17, 15) is 9.59 Å². The maximum atomic E-state index is 13.4. The summed E-state index contributed by atoms with van der Waals surface area (Å²) in [6, 6.07) is 18.3. The molecule has 0 saturated carbocycles. The van der Waals surface area contributed by atoms with Crippen LogP contribution in [0.3, 0.4) is 0 Å². The van der Waals surface area contributed by atoms with E-state index in [4.69, 9.17) is 4.74 Å². The molecule has 0 bridgehead atoms. The van der Waals surface area contributed by atoms with Crippen LogP contribution in [0.2, 0.25) is 0 Å². The van der Waals surface area contributed by atoms with Crippen LogP contribution in [0.5, 0.6) is 0 Å². The van der Waals surface area contributed by atoms with E-state index in [-0.39, 0.29) is 17.7 Å². The zero-order valence-corrected chi connectivity index (χ0v) is 20.0. The van der Waals surface area contributed by atoms with Gasteiger partial charge in [-0.1, -0.05) is 48.5 Å². The molecule has 2 amide bonds. The standard InChI is InChI=1S/C28H33N3O3/c1-28(2,30-26(32)11-9-21-6-4-3-5-7-21)27(33)31-14-15-34-20-23(19-31)16-22-8-10-25-18-29-13-12-24(25)17-22/h3-8,10,12-13,17-18,23H,9,11,14-16,19-20H2,1-2H3,(H,30,32). The Kier molecular flexibility index (Phi) is 7.58. The summed E-state index contributed by atoms with van der Waals surface area (Å²) in [5.74, 6) is 0.00597. The van der Waals surface area contributed by atoms with Crippen LogP contribution in [-0.2, 0) is 27.2 Å². The molecule has 4 rings (SSSR count). The lowest BCUT2D eigenvalue weighted by molar-refractivity contribution is -0.140. The number of benzene rings is 2. The first-order chi connectivity index (χ1) is 16.4. The quantitative estimate of drug-likeness (QED) is 0.584. The second-order valence-corrected chi connectivity index (χ2v) is 9.61. The molecule has 1 fully saturated rings. The minimum Gasteiger partial charge on any atom is -0.379 e. The lowest BCUT2D eigenvalue weighted by Gasteiger charge is -2.33. The number of hydrogen-bond acceptors (Lipinski definition) is 4. The molecule has 3 aromatic rings. The van der Waals surface area contributed by atoms with Crippen molar-refractivity contribution in [3.63, 3.8) is 0 Å². The van der Waals surface area contributed by atoms with Gasteiger partial charge in [-0.3, -0.25) is 14.6 Å². The van der Waals surface area contributed by atoms with Crippen LogP contribution in [0.1, 0.15) is 31.4 Å². The van der Waals surface area contributed by atoms with Gasteiger partial charge in [0.05, 0.1) is 13.2 Å². The summed E-state index contributed by atoms with van der Waals surface area (Å²) in [5.41, 5.74) is 1.35. The number of aryl methyl sites for hydroxylation is 1. The van der Waals surface area contributed by atoms with Gasteiger partial charge in [0, 0.05) is 43.2 Å². The highest BCUT2D eigenvalue weighted by molar-refractivity contribution is 5.91. The summed E-state index contributed by atoms with van der Waals surface area (Å²) < 4.78 is 5.84. The third-order valence-corrected chi connectivity index (χ3v) is 6.32. The Morgan fingerprint density at radius 3 is 2.74 bits per heavy atom. The Labute approximate surface area is 201 Å². The first kappa shape index (κ1) is 23.9. The van der Waals surface area contributed by atoms with Crippen LogP contribution in [-0.4, -0.2) is 53.5 Å². The number of hydrogen-bond donors (Lipinski definition) is 1. The number of nitrogens with one attached hydrogen (secondary N) is 1. The highest BCUT2D eigenvalue weighted by Crippen LogP contribution is 2.20. The number of carbonyl (C=O) groups excluding carboxylic acids is 2. The molecule has 1 saturated heterocycles. The fraction of sp³-hybridized carbons (Fsp3) is 0.393. The van der Waals surface area contributed by atoms with E-state index in [0.717, 1.165) is 22.8 Å². The van der Waals surface area contributed by atoms with Gasteiger partial charge in [-0.05, 0) is 49.3 Å². The molecule has 1 aliphatic rings. The van der Waals surface area contributed by atoms with E-state index in [2.05, 4.69) is 28.5 Å². The summed E-state index contributed by atoms with van der Waals surface area (Å²) in [4.78, 5) is 32.0. The fourth-order valence-electron chi connectivity index (χ4n) is 4.54. The van der Waals surface area contributed by atoms with Crippen molar-refractivity contribution in [1.29, 1.82) is 0 Å². The molecule has 0 aliphatic carbocycles. The Morgan fingerprint density at radius 1 is 1.09 bits per heavy atom. The lowest BCUT2D eigenvalue weighted by Crippen LogP contribution is -2.57. The molecule has 178 valence electrons. The highest BCUT2D eigenvalue weighted by atomic mass is 16.5. The van der Waals surface area contributed by atoms with Crippen LogP contribution in [0.25, 0.3) is 10.8 Å². The smallest absolute Gasteiger partial charge is 0.247 e. The van der Waals surface area contributed by atoms with E-state index in [1.54, 1.807) is 20.0 Å². The summed E-state index contributed by atoms with van der Waals surface area (Å²) in [7, 11) is 0. The number of aromatic nitrogens is 1. The molecule has 34 heavy (non-hydrogen) atoms. The van der Waals surface area contributed by atoms with Crippen LogP contribution in [0, 0.1) is 5.92 Å². The van der Waals surface area contributed by atoms with Gasteiger partial charge in [0.1, 0.15) is 5.54 Å². The van der Waals surface area contributed by atoms with Crippen molar-refractivity contribution in [2.45, 2.75) is 38.6 Å². The zero-order chi connectivity index (χ0) is 24.0. The maximum absolute atomic E-state index is 13.4. The SMILES string of the molecule is CC(C)(NC(=O)CCc1ccccc1)C(=O)N1CCOCC(Cc2ccc3cnccc3c2)C1. The van der Waals surface area contributed by atoms with Crippen molar-refractivity contribution in [3.05, 3.63) is 78.1 Å². The van der Waals surface area contributed by atoms with Gasteiger partial charge >= 0.3 is 0 Å². The van der Waals surface area contributed by atoms with Gasteiger partial charge in [0.25, 0.3) is 0 Å². The van der Waals surface area contributed by atoms with Crippen LogP contribution in [0.4, 0.5) is 0 Å². The van der Waals surface area contributed by atoms with Crippen molar-refractivity contribution in [2.24, 2.45) is 5.92 Å². The van der Waals surface area contributed by atoms with Crippen LogP contribution < -0.4 is 5.32 Å². The van der Waals surface area contributed by atoms with Crippen molar-refractivity contribution in [3.8, 4) is 0 Å². The normalized spacial score (nSPS) is 16.8. The number of amides is 2. The summed E-state index contributed by atoms with van der Waals surface area (Å²) in [6.07, 6.45) is 5.50. The number of rotatable bonds is 7. The van der Waals surface area contributed by atoms with E-state index in [0.29, 0.717) is 39.1 Å². The molecule has 6 nitrogen and oxygen atoms in total. The largest absolute Gasteiger partial charge is 0.379 e. The van der Waals surface area contributed by atoms with E-state index >= 15 is 0 Å². The second kappa shape index (κ2) is 10.8. The maximum Gasteiger partial charge on any atom is 0.247 e. The Morgan fingerprint density at radius 2 is 1.91 bits per heavy atom. The molecule has 1 atom stereocenters. The minimum atomic E-state index is -0.974. The van der Waals surface area contributed by atoms with Gasteiger partial charge < -0.3 is 15.0 Å². The molecule has 1 aliphatic heterocycles. The molecule has 1 N–H and O–H groups in total. The van der Waals surface area contributed by atoms with E-state index in [1.807, 2.05) is 47.5 Å². The molecule has 6 heteroatoms. The number of fused-ring (bicyclic) bond motifs is 1.